The fraction of sp³-hybridized carbons (Fsp3) is 0.538. The highest BCUT2D eigenvalue weighted by atomic mass is 32.2. The van der Waals surface area contributed by atoms with Crippen LogP contribution in [0.1, 0.15) is 38.5 Å². The van der Waals surface area contributed by atoms with Gasteiger partial charge in [-0.25, -0.2) is 8.78 Å². The molecule has 0 spiro atoms. The van der Waals surface area contributed by atoms with Gasteiger partial charge in [-0.05, 0) is 25.0 Å². The van der Waals surface area contributed by atoms with Gasteiger partial charge in [0.15, 0.2) is 0 Å². The molecule has 1 nitrogen and oxygen atoms in total. The van der Waals surface area contributed by atoms with E-state index in [9.17, 15) is 8.78 Å². The first-order chi connectivity index (χ1) is 8.16. The molecule has 17 heavy (non-hydrogen) atoms. The van der Waals surface area contributed by atoms with Crippen molar-refractivity contribution in [2.45, 2.75) is 48.7 Å². The lowest BCUT2D eigenvalue weighted by Crippen LogP contribution is -2.03. The van der Waals surface area contributed by atoms with Crippen molar-refractivity contribution < 1.29 is 8.78 Å². The van der Waals surface area contributed by atoms with E-state index in [4.69, 9.17) is 5.73 Å². The molecule has 0 atom stereocenters. The van der Waals surface area contributed by atoms with E-state index >= 15 is 0 Å². The molecule has 0 amide bonds. The lowest BCUT2D eigenvalue weighted by molar-refractivity contribution is 0.540. The highest BCUT2D eigenvalue weighted by Gasteiger charge is 2.18. The molecule has 1 fully saturated rings. The van der Waals surface area contributed by atoms with Gasteiger partial charge in [0.2, 0.25) is 0 Å². The maximum absolute atomic E-state index is 13.6. The Bertz CT molecular complexity index is 364. The predicted octanol–water partition coefficient (Wildman–Crippen LogP) is 4.36. The standard InChI is InChI=1S/C13H17F2NS/c14-11-7-9(16)8-12(15)13(11)17-10-5-3-1-2-4-6-10/h7-8,10H,1-6,16H2. The van der Waals surface area contributed by atoms with Crippen LogP contribution in [0.5, 0.6) is 0 Å². The normalized spacial score (nSPS) is 18.0. The number of hydrogen-bond donors (Lipinski definition) is 1. The lowest BCUT2D eigenvalue weighted by Gasteiger charge is -2.14. The zero-order valence-electron chi connectivity index (χ0n) is 9.72. The summed E-state index contributed by atoms with van der Waals surface area (Å²) >= 11 is 1.33. The van der Waals surface area contributed by atoms with Crippen LogP contribution in [0.2, 0.25) is 0 Å². The molecule has 0 bridgehead atoms. The Labute approximate surface area is 105 Å². The van der Waals surface area contributed by atoms with Gasteiger partial charge in [-0.2, -0.15) is 0 Å². The molecule has 0 heterocycles. The number of rotatable bonds is 2. The largest absolute Gasteiger partial charge is 0.399 e. The Morgan fingerprint density at radius 1 is 1.00 bits per heavy atom. The third kappa shape index (κ3) is 3.35. The molecule has 1 aromatic rings. The van der Waals surface area contributed by atoms with Crippen LogP contribution in [0, 0.1) is 11.6 Å². The molecule has 0 aliphatic heterocycles. The van der Waals surface area contributed by atoms with Crippen LogP contribution >= 0.6 is 11.8 Å². The van der Waals surface area contributed by atoms with Crippen molar-refractivity contribution in [3.05, 3.63) is 23.8 Å². The summed E-state index contributed by atoms with van der Waals surface area (Å²) in [6, 6.07) is 2.39. The van der Waals surface area contributed by atoms with E-state index in [2.05, 4.69) is 0 Å². The number of thioether (sulfide) groups is 1. The Morgan fingerprint density at radius 2 is 1.53 bits per heavy atom. The molecule has 1 saturated carbocycles. The van der Waals surface area contributed by atoms with Crippen molar-refractivity contribution in [1.29, 1.82) is 0 Å². The van der Waals surface area contributed by atoms with Crippen molar-refractivity contribution in [2.75, 3.05) is 5.73 Å². The summed E-state index contributed by atoms with van der Waals surface area (Å²) in [5, 5.41) is 0.338. The third-order valence-electron chi connectivity index (χ3n) is 3.11. The Morgan fingerprint density at radius 3 is 2.06 bits per heavy atom. The summed E-state index contributed by atoms with van der Waals surface area (Å²) < 4.78 is 27.3. The van der Waals surface area contributed by atoms with E-state index in [0.717, 1.165) is 25.7 Å². The van der Waals surface area contributed by atoms with Crippen molar-refractivity contribution >= 4 is 17.4 Å². The van der Waals surface area contributed by atoms with Crippen molar-refractivity contribution in [1.82, 2.24) is 0 Å². The van der Waals surface area contributed by atoms with Crippen LogP contribution in [0.15, 0.2) is 17.0 Å². The predicted molar refractivity (Wildman–Crippen MR) is 68.1 cm³/mol. The first-order valence-electron chi connectivity index (χ1n) is 6.08. The topological polar surface area (TPSA) is 26.0 Å². The van der Waals surface area contributed by atoms with Crippen LogP contribution in [0.25, 0.3) is 0 Å². The zero-order chi connectivity index (χ0) is 12.3. The van der Waals surface area contributed by atoms with Crippen LogP contribution in [-0.4, -0.2) is 5.25 Å². The summed E-state index contributed by atoms with van der Waals surface area (Å²) in [4.78, 5) is 0.131. The summed E-state index contributed by atoms with van der Waals surface area (Å²) in [5.74, 6) is -1.06. The summed E-state index contributed by atoms with van der Waals surface area (Å²) in [6.07, 6.45) is 6.90. The Kier molecular flexibility index (Phi) is 4.26. The summed E-state index contributed by atoms with van der Waals surface area (Å²) in [6.45, 7) is 0. The second-order valence-electron chi connectivity index (χ2n) is 4.55. The number of anilines is 1. The first-order valence-corrected chi connectivity index (χ1v) is 6.96. The van der Waals surface area contributed by atoms with Gasteiger partial charge in [-0.3, -0.25) is 0 Å². The lowest BCUT2D eigenvalue weighted by atomic mass is 10.2. The number of halogens is 2. The minimum atomic E-state index is -0.531. The number of nitrogens with two attached hydrogens (primary N) is 1. The molecular formula is C13H17F2NS. The average molecular weight is 257 g/mol. The van der Waals surface area contributed by atoms with E-state index in [0.29, 0.717) is 5.25 Å². The quantitative estimate of drug-likeness (QED) is 0.629. The minimum absolute atomic E-state index is 0.131. The average Bonchev–Trinajstić information content (AvgIpc) is 2.51. The smallest absolute Gasteiger partial charge is 0.141 e. The molecule has 4 heteroatoms. The fourth-order valence-corrected chi connectivity index (χ4v) is 3.46. The molecule has 0 aromatic heterocycles. The van der Waals surface area contributed by atoms with Crippen LogP contribution in [0.4, 0.5) is 14.5 Å². The van der Waals surface area contributed by atoms with Gasteiger partial charge in [0.25, 0.3) is 0 Å². The van der Waals surface area contributed by atoms with E-state index in [1.807, 2.05) is 0 Å². The van der Waals surface area contributed by atoms with Crippen LogP contribution in [-0.2, 0) is 0 Å². The SMILES string of the molecule is Nc1cc(F)c(SC2CCCCCC2)c(F)c1. The molecular weight excluding hydrogens is 240 g/mol. The maximum atomic E-state index is 13.6. The number of hydrogen-bond acceptors (Lipinski definition) is 2. The van der Waals surface area contributed by atoms with Gasteiger partial charge in [0.1, 0.15) is 11.6 Å². The second kappa shape index (κ2) is 5.71. The number of benzene rings is 1. The molecule has 1 aliphatic rings. The molecule has 0 saturated heterocycles. The van der Waals surface area contributed by atoms with Gasteiger partial charge >= 0.3 is 0 Å². The van der Waals surface area contributed by atoms with Gasteiger partial charge in [0.05, 0.1) is 4.90 Å². The van der Waals surface area contributed by atoms with E-state index < -0.39 is 11.6 Å². The molecule has 0 unspecified atom stereocenters. The number of nitrogen functional groups attached to an aromatic ring is 1. The first kappa shape index (κ1) is 12.7. The van der Waals surface area contributed by atoms with Crippen molar-refractivity contribution in [3.63, 3.8) is 0 Å². The maximum Gasteiger partial charge on any atom is 0.141 e. The molecule has 2 N–H and O–H groups in total. The van der Waals surface area contributed by atoms with Crippen LogP contribution in [0.3, 0.4) is 0 Å². The highest BCUT2D eigenvalue weighted by Crippen LogP contribution is 2.36. The molecule has 2 rings (SSSR count). The molecule has 0 radical (unpaired) electrons. The second-order valence-corrected chi connectivity index (χ2v) is 5.86. The monoisotopic (exact) mass is 257 g/mol. The van der Waals surface area contributed by atoms with Crippen molar-refractivity contribution in [2.24, 2.45) is 0 Å². The van der Waals surface area contributed by atoms with E-state index in [1.54, 1.807) is 0 Å². The minimum Gasteiger partial charge on any atom is -0.399 e. The Hall–Kier alpha value is -0.770. The van der Waals surface area contributed by atoms with E-state index in [1.165, 1.54) is 36.7 Å². The van der Waals surface area contributed by atoms with Crippen molar-refractivity contribution in [3.8, 4) is 0 Å². The van der Waals surface area contributed by atoms with Crippen LogP contribution < -0.4 is 5.73 Å². The van der Waals surface area contributed by atoms with Gasteiger partial charge in [0, 0.05) is 10.9 Å². The molecule has 1 aliphatic carbocycles. The summed E-state index contributed by atoms with van der Waals surface area (Å²) in [5.41, 5.74) is 5.54. The highest BCUT2D eigenvalue weighted by molar-refractivity contribution is 8.00. The Balaban J connectivity index is 2.11. The molecule has 94 valence electrons. The van der Waals surface area contributed by atoms with Gasteiger partial charge in [-0.1, -0.05) is 25.7 Å². The van der Waals surface area contributed by atoms with Gasteiger partial charge < -0.3 is 5.73 Å². The third-order valence-corrected chi connectivity index (χ3v) is 4.54. The van der Waals surface area contributed by atoms with E-state index in [-0.39, 0.29) is 10.6 Å². The molecule has 1 aromatic carbocycles. The van der Waals surface area contributed by atoms with Gasteiger partial charge in [-0.15, -0.1) is 11.8 Å². The zero-order valence-corrected chi connectivity index (χ0v) is 10.5. The fourth-order valence-electron chi connectivity index (χ4n) is 2.22. The summed E-state index contributed by atoms with van der Waals surface area (Å²) in [7, 11) is 0.